The summed E-state index contributed by atoms with van der Waals surface area (Å²) in [5.74, 6) is -2.61. The highest BCUT2D eigenvalue weighted by Gasteiger charge is 2.52. The van der Waals surface area contributed by atoms with Crippen molar-refractivity contribution in [2.24, 2.45) is 11.8 Å². The number of hydrogen-bond donors (Lipinski definition) is 2. The molecule has 1 aliphatic rings. The number of methoxy groups -OCH3 is 1. The summed E-state index contributed by atoms with van der Waals surface area (Å²) in [5.41, 5.74) is 0.795. The van der Waals surface area contributed by atoms with Gasteiger partial charge in [-0.3, -0.25) is 4.79 Å². The normalized spacial score (nSPS) is 20.6. The number of alkyl carbamates (subject to hydrolysis) is 1. The summed E-state index contributed by atoms with van der Waals surface area (Å²) < 4.78 is 9.55. The minimum atomic E-state index is -1.20. The quantitative estimate of drug-likeness (QED) is 0.765. The standard InChI is InChI=1S/C15H17NO6/c1-21-14(19)11-7-10(11)12(13(17)18)16-15(20)22-8-9-5-3-2-4-6-9/h2-6,10-12H,7-8H2,1H3,(H,16,20)(H,17,18)/t10-,11-,12?/m1/s1. The molecule has 0 saturated heterocycles. The lowest BCUT2D eigenvalue weighted by Gasteiger charge is -2.14. The monoisotopic (exact) mass is 307 g/mol. The molecular formula is C15H17NO6. The van der Waals surface area contributed by atoms with Crippen molar-refractivity contribution >= 4 is 18.0 Å². The highest BCUT2D eigenvalue weighted by Crippen LogP contribution is 2.42. The number of rotatable bonds is 6. The number of amides is 1. The molecule has 0 bridgehead atoms. The Hall–Kier alpha value is -2.57. The number of hydrogen-bond acceptors (Lipinski definition) is 5. The van der Waals surface area contributed by atoms with Gasteiger partial charge >= 0.3 is 18.0 Å². The Kier molecular flexibility index (Phi) is 4.98. The molecule has 0 aromatic heterocycles. The van der Waals surface area contributed by atoms with E-state index in [2.05, 4.69) is 10.1 Å². The van der Waals surface area contributed by atoms with E-state index in [1.807, 2.05) is 18.2 Å². The Balaban J connectivity index is 1.85. The van der Waals surface area contributed by atoms with Gasteiger partial charge in [-0.05, 0) is 12.0 Å². The van der Waals surface area contributed by atoms with Crippen LogP contribution in [0.15, 0.2) is 30.3 Å². The summed E-state index contributed by atoms with van der Waals surface area (Å²) in [5, 5.41) is 11.5. The van der Waals surface area contributed by atoms with Crippen molar-refractivity contribution in [3.63, 3.8) is 0 Å². The van der Waals surface area contributed by atoms with Gasteiger partial charge in [0.15, 0.2) is 0 Å². The Morgan fingerprint density at radius 3 is 2.59 bits per heavy atom. The molecule has 2 N–H and O–H groups in total. The van der Waals surface area contributed by atoms with Crippen LogP contribution in [0.3, 0.4) is 0 Å². The number of aliphatic carboxylic acids is 1. The van der Waals surface area contributed by atoms with Gasteiger partial charge < -0.3 is 19.9 Å². The largest absolute Gasteiger partial charge is 0.480 e. The summed E-state index contributed by atoms with van der Waals surface area (Å²) in [6.45, 7) is 0.0457. The van der Waals surface area contributed by atoms with E-state index in [0.29, 0.717) is 6.42 Å². The number of ether oxygens (including phenoxy) is 2. The Labute approximate surface area is 127 Å². The van der Waals surface area contributed by atoms with Crippen molar-refractivity contribution in [1.82, 2.24) is 5.32 Å². The molecule has 7 heteroatoms. The van der Waals surface area contributed by atoms with Crippen LogP contribution in [0.4, 0.5) is 4.79 Å². The zero-order valence-corrected chi connectivity index (χ0v) is 12.0. The minimum absolute atomic E-state index is 0.0457. The lowest BCUT2D eigenvalue weighted by molar-refractivity contribution is -0.143. The van der Waals surface area contributed by atoms with Crippen LogP contribution in [0.2, 0.25) is 0 Å². The second kappa shape index (κ2) is 6.93. The minimum Gasteiger partial charge on any atom is -0.480 e. The maximum atomic E-state index is 11.7. The molecule has 1 unspecified atom stereocenters. The van der Waals surface area contributed by atoms with Crippen molar-refractivity contribution < 1.29 is 29.0 Å². The fraction of sp³-hybridized carbons (Fsp3) is 0.400. The average Bonchev–Trinajstić information content (AvgIpc) is 3.30. The first-order valence-corrected chi connectivity index (χ1v) is 6.80. The summed E-state index contributed by atoms with van der Waals surface area (Å²) in [4.78, 5) is 34.3. The van der Waals surface area contributed by atoms with E-state index < -0.39 is 35.9 Å². The summed E-state index contributed by atoms with van der Waals surface area (Å²) in [6.07, 6.45) is -0.449. The average molecular weight is 307 g/mol. The molecular weight excluding hydrogens is 290 g/mol. The van der Waals surface area contributed by atoms with Crippen LogP contribution in [0, 0.1) is 11.8 Å². The molecule has 3 atom stereocenters. The molecule has 118 valence electrons. The van der Waals surface area contributed by atoms with Gasteiger partial charge in [-0.25, -0.2) is 9.59 Å². The third-order valence-electron chi connectivity index (χ3n) is 3.52. The number of carbonyl (C=O) groups excluding carboxylic acids is 2. The lowest BCUT2D eigenvalue weighted by Crippen LogP contribution is -2.43. The topological polar surface area (TPSA) is 102 Å². The summed E-state index contributed by atoms with van der Waals surface area (Å²) in [7, 11) is 1.25. The van der Waals surface area contributed by atoms with E-state index in [4.69, 9.17) is 9.84 Å². The van der Waals surface area contributed by atoms with E-state index >= 15 is 0 Å². The second-order valence-electron chi connectivity index (χ2n) is 5.05. The first-order chi connectivity index (χ1) is 10.5. The van der Waals surface area contributed by atoms with Gasteiger partial charge in [0.1, 0.15) is 12.6 Å². The predicted octanol–water partition coefficient (Wildman–Crippen LogP) is 1.18. The first kappa shape index (κ1) is 15.8. The molecule has 2 rings (SSSR count). The van der Waals surface area contributed by atoms with Crippen molar-refractivity contribution in [1.29, 1.82) is 0 Å². The summed E-state index contributed by atoms with van der Waals surface area (Å²) in [6, 6.07) is 7.87. The fourth-order valence-electron chi connectivity index (χ4n) is 2.25. The van der Waals surface area contributed by atoms with Crippen molar-refractivity contribution in [3.8, 4) is 0 Å². The van der Waals surface area contributed by atoms with Gasteiger partial charge in [0.05, 0.1) is 13.0 Å². The van der Waals surface area contributed by atoms with Crippen LogP contribution < -0.4 is 5.32 Å². The van der Waals surface area contributed by atoms with Crippen LogP contribution in [-0.2, 0) is 25.7 Å². The molecule has 1 aromatic carbocycles. The van der Waals surface area contributed by atoms with Gasteiger partial charge in [0.2, 0.25) is 0 Å². The van der Waals surface area contributed by atoms with E-state index in [9.17, 15) is 14.4 Å². The number of carbonyl (C=O) groups is 3. The number of esters is 1. The number of carboxylic acid groups (broad SMARTS) is 1. The highest BCUT2D eigenvalue weighted by molar-refractivity contribution is 5.84. The van der Waals surface area contributed by atoms with Gasteiger partial charge in [-0.1, -0.05) is 30.3 Å². The van der Waals surface area contributed by atoms with Gasteiger partial charge in [0.25, 0.3) is 0 Å². The van der Waals surface area contributed by atoms with Crippen LogP contribution in [0.5, 0.6) is 0 Å². The molecule has 1 aliphatic carbocycles. The smallest absolute Gasteiger partial charge is 0.408 e. The Morgan fingerprint density at radius 1 is 1.32 bits per heavy atom. The molecule has 1 amide bonds. The molecule has 7 nitrogen and oxygen atoms in total. The molecule has 22 heavy (non-hydrogen) atoms. The van der Waals surface area contributed by atoms with Crippen LogP contribution in [0.1, 0.15) is 12.0 Å². The Morgan fingerprint density at radius 2 is 2.00 bits per heavy atom. The maximum Gasteiger partial charge on any atom is 0.408 e. The number of carboxylic acids is 1. The molecule has 1 fully saturated rings. The molecule has 0 heterocycles. The van der Waals surface area contributed by atoms with Crippen molar-refractivity contribution in [3.05, 3.63) is 35.9 Å². The zero-order chi connectivity index (χ0) is 16.1. The van der Waals surface area contributed by atoms with Crippen molar-refractivity contribution in [2.75, 3.05) is 7.11 Å². The van der Waals surface area contributed by atoms with Crippen LogP contribution >= 0.6 is 0 Å². The number of benzene rings is 1. The van der Waals surface area contributed by atoms with Crippen molar-refractivity contribution in [2.45, 2.75) is 19.1 Å². The third kappa shape index (κ3) is 3.97. The van der Waals surface area contributed by atoms with E-state index in [1.165, 1.54) is 7.11 Å². The second-order valence-corrected chi connectivity index (χ2v) is 5.05. The van der Waals surface area contributed by atoms with E-state index in [1.54, 1.807) is 12.1 Å². The van der Waals surface area contributed by atoms with E-state index in [0.717, 1.165) is 5.56 Å². The molecule has 0 aliphatic heterocycles. The Bertz CT molecular complexity index is 558. The zero-order valence-electron chi connectivity index (χ0n) is 12.0. The van der Waals surface area contributed by atoms with Gasteiger partial charge in [-0.2, -0.15) is 0 Å². The molecule has 1 aromatic rings. The van der Waals surface area contributed by atoms with Gasteiger partial charge in [-0.15, -0.1) is 0 Å². The van der Waals surface area contributed by atoms with Gasteiger partial charge in [0, 0.05) is 5.92 Å². The van der Waals surface area contributed by atoms with Crippen LogP contribution in [-0.4, -0.2) is 36.3 Å². The SMILES string of the molecule is COC(=O)[C@@H]1C[C@H]1C(NC(=O)OCc1ccccc1)C(=O)O. The third-order valence-corrected chi connectivity index (χ3v) is 3.52. The fourth-order valence-corrected chi connectivity index (χ4v) is 2.25. The highest BCUT2D eigenvalue weighted by atomic mass is 16.5. The molecule has 0 radical (unpaired) electrons. The maximum absolute atomic E-state index is 11.7. The predicted molar refractivity (Wildman–Crippen MR) is 74.8 cm³/mol. The summed E-state index contributed by atoms with van der Waals surface area (Å²) >= 11 is 0. The van der Waals surface area contributed by atoms with E-state index in [-0.39, 0.29) is 6.61 Å². The van der Waals surface area contributed by atoms with Crippen LogP contribution in [0.25, 0.3) is 0 Å². The molecule has 0 spiro atoms. The molecule has 1 saturated carbocycles. The lowest BCUT2D eigenvalue weighted by atomic mass is 10.1. The number of nitrogens with one attached hydrogen (secondary N) is 1. The first-order valence-electron chi connectivity index (χ1n) is 6.80.